The Kier molecular flexibility index (Phi) is 6.79. The highest BCUT2D eigenvalue weighted by molar-refractivity contribution is 6.23. The van der Waals surface area contributed by atoms with Crippen LogP contribution in [0.3, 0.4) is 0 Å². The smallest absolute Gasteiger partial charge is 0.262 e. The number of amides is 4. The van der Waals surface area contributed by atoms with Gasteiger partial charge in [0.25, 0.3) is 11.8 Å². The monoisotopic (exact) mass is 542 g/mol. The van der Waals surface area contributed by atoms with Gasteiger partial charge in [-0.3, -0.25) is 39.1 Å². The number of carbonyl (C=O) groups excluding carboxylic acids is 4. The van der Waals surface area contributed by atoms with Crippen molar-refractivity contribution in [3.63, 3.8) is 0 Å². The van der Waals surface area contributed by atoms with E-state index in [0.717, 1.165) is 59.8 Å². The van der Waals surface area contributed by atoms with Crippen molar-refractivity contribution in [2.75, 3.05) is 19.0 Å². The van der Waals surface area contributed by atoms with Crippen molar-refractivity contribution in [1.29, 1.82) is 0 Å². The molecule has 3 aromatic rings. The number of pyridine rings is 1. The molecule has 206 valence electrons. The Balaban J connectivity index is 0.977. The van der Waals surface area contributed by atoms with Gasteiger partial charge in [-0.25, -0.2) is 0 Å². The van der Waals surface area contributed by atoms with Crippen molar-refractivity contribution < 1.29 is 23.9 Å². The lowest BCUT2D eigenvalue weighted by Gasteiger charge is -2.35. The molecule has 2 fully saturated rings. The maximum absolute atomic E-state index is 13.0. The molecule has 1 saturated carbocycles. The molecular formula is C29H30N6O5. The minimum atomic E-state index is -0.959. The maximum atomic E-state index is 13.0. The number of ether oxygens (including phenoxy) is 1. The van der Waals surface area contributed by atoms with Crippen LogP contribution in [0.15, 0.2) is 48.9 Å². The van der Waals surface area contributed by atoms with Gasteiger partial charge in [0.15, 0.2) is 0 Å². The highest BCUT2D eigenvalue weighted by Gasteiger charge is 2.44. The summed E-state index contributed by atoms with van der Waals surface area (Å²) in [6, 6.07) is 8.24. The summed E-state index contributed by atoms with van der Waals surface area (Å²) in [6.45, 7) is 0.740. The lowest BCUT2D eigenvalue weighted by atomic mass is 9.77. The van der Waals surface area contributed by atoms with E-state index in [1.54, 1.807) is 31.5 Å². The van der Waals surface area contributed by atoms with E-state index in [1.807, 2.05) is 29.2 Å². The Morgan fingerprint density at radius 1 is 1.10 bits per heavy atom. The third kappa shape index (κ3) is 4.72. The molecule has 0 bridgehead atoms. The van der Waals surface area contributed by atoms with Crippen molar-refractivity contribution in [2.45, 2.75) is 50.6 Å². The second kappa shape index (κ2) is 10.6. The predicted octanol–water partition coefficient (Wildman–Crippen LogP) is 3.20. The number of aromatic nitrogens is 3. The number of nitrogens with one attached hydrogen (secondary N) is 2. The number of nitrogens with zero attached hydrogens (tertiary/aromatic N) is 4. The molecule has 1 aliphatic carbocycles. The van der Waals surface area contributed by atoms with Crippen molar-refractivity contribution in [1.82, 2.24) is 25.0 Å². The molecule has 1 aromatic carbocycles. The third-order valence-corrected chi connectivity index (χ3v) is 8.01. The van der Waals surface area contributed by atoms with Gasteiger partial charge in [0, 0.05) is 36.6 Å². The highest BCUT2D eigenvalue weighted by Crippen LogP contribution is 2.41. The molecule has 0 spiro atoms. The lowest BCUT2D eigenvalue weighted by Crippen LogP contribution is -2.54. The summed E-state index contributed by atoms with van der Waals surface area (Å²) in [5.41, 5.74) is 3.05. The first-order valence-electron chi connectivity index (χ1n) is 13.6. The van der Waals surface area contributed by atoms with Crippen LogP contribution in [0.25, 0.3) is 11.3 Å². The van der Waals surface area contributed by atoms with E-state index in [0.29, 0.717) is 12.0 Å². The maximum Gasteiger partial charge on any atom is 0.262 e. The van der Waals surface area contributed by atoms with Gasteiger partial charge in [-0.05, 0) is 68.4 Å². The van der Waals surface area contributed by atoms with Crippen LogP contribution < -0.4 is 15.4 Å². The molecule has 11 heteroatoms. The standard InChI is InChI=1S/C29H30N6O5/c1-40-24-5-3-11-31-26(24)18-15-32-34(16-18)20-12-17(13-20)4-2-10-30-19-6-7-21-22(14-19)29(39)35(28(21)38)23-8-9-25(36)33-27(23)37/h3,5-7,11,14-17,20,23,30H,2,4,8-10,12-13H2,1H3,(H,33,36,37). The molecule has 1 atom stereocenters. The molecule has 11 nitrogen and oxygen atoms in total. The van der Waals surface area contributed by atoms with Crippen LogP contribution in [0.1, 0.15) is 65.3 Å². The highest BCUT2D eigenvalue weighted by atomic mass is 16.5. The fourth-order valence-corrected chi connectivity index (χ4v) is 5.79. The fourth-order valence-electron chi connectivity index (χ4n) is 5.79. The van der Waals surface area contributed by atoms with Crippen LogP contribution in [0.4, 0.5) is 5.69 Å². The number of carbonyl (C=O) groups is 4. The van der Waals surface area contributed by atoms with E-state index in [4.69, 9.17) is 4.74 Å². The minimum absolute atomic E-state index is 0.0989. The van der Waals surface area contributed by atoms with Crippen LogP contribution in [-0.2, 0) is 9.59 Å². The van der Waals surface area contributed by atoms with Crippen LogP contribution in [0, 0.1) is 5.92 Å². The molecule has 2 N–H and O–H groups in total. The summed E-state index contributed by atoms with van der Waals surface area (Å²) in [6.07, 6.45) is 10.1. The Bertz CT molecular complexity index is 1490. The van der Waals surface area contributed by atoms with Gasteiger partial charge in [0.05, 0.1) is 30.5 Å². The average molecular weight is 543 g/mol. The number of piperidine rings is 1. The first-order chi connectivity index (χ1) is 19.4. The molecule has 4 heterocycles. The average Bonchev–Trinajstić information content (AvgIpc) is 3.50. The van der Waals surface area contributed by atoms with E-state index in [1.165, 1.54) is 0 Å². The third-order valence-electron chi connectivity index (χ3n) is 8.01. The van der Waals surface area contributed by atoms with Crippen LogP contribution in [0.2, 0.25) is 0 Å². The fraction of sp³-hybridized carbons (Fsp3) is 0.379. The first-order valence-corrected chi connectivity index (χ1v) is 13.6. The van der Waals surface area contributed by atoms with Crippen molar-refractivity contribution in [3.05, 3.63) is 60.0 Å². The molecule has 2 aromatic heterocycles. The zero-order valence-electron chi connectivity index (χ0n) is 22.1. The van der Waals surface area contributed by atoms with Gasteiger partial charge in [-0.2, -0.15) is 5.10 Å². The van der Waals surface area contributed by atoms with Gasteiger partial charge in [-0.1, -0.05) is 0 Å². The van der Waals surface area contributed by atoms with Gasteiger partial charge in [-0.15, -0.1) is 0 Å². The molecule has 0 radical (unpaired) electrons. The van der Waals surface area contributed by atoms with Gasteiger partial charge in [0.1, 0.15) is 17.5 Å². The molecule has 6 rings (SSSR count). The topological polar surface area (TPSA) is 136 Å². The van der Waals surface area contributed by atoms with E-state index >= 15 is 0 Å². The second-order valence-electron chi connectivity index (χ2n) is 10.5. The number of fused-ring (bicyclic) bond motifs is 1. The van der Waals surface area contributed by atoms with Gasteiger partial charge >= 0.3 is 0 Å². The number of imide groups is 2. The molecule has 1 unspecified atom stereocenters. The van der Waals surface area contributed by atoms with Gasteiger partial charge < -0.3 is 10.1 Å². The van der Waals surface area contributed by atoms with E-state index in [2.05, 4.69) is 20.7 Å². The zero-order chi connectivity index (χ0) is 27.8. The first kappa shape index (κ1) is 25.7. The summed E-state index contributed by atoms with van der Waals surface area (Å²) < 4.78 is 7.45. The van der Waals surface area contributed by atoms with E-state index < -0.39 is 23.8 Å². The number of methoxy groups -OCH3 is 1. The van der Waals surface area contributed by atoms with Crippen molar-refractivity contribution in [3.8, 4) is 17.0 Å². The second-order valence-corrected chi connectivity index (χ2v) is 10.5. The summed E-state index contributed by atoms with van der Waals surface area (Å²) in [5, 5.41) is 10.1. The molecule has 40 heavy (non-hydrogen) atoms. The Labute approximate surface area is 230 Å². The number of anilines is 1. The number of benzene rings is 1. The quantitative estimate of drug-likeness (QED) is 0.311. The summed E-state index contributed by atoms with van der Waals surface area (Å²) >= 11 is 0. The predicted molar refractivity (Wildman–Crippen MR) is 145 cm³/mol. The van der Waals surface area contributed by atoms with Crippen LogP contribution in [-0.4, -0.2) is 63.0 Å². The molecule has 3 aliphatic rings. The number of hydrogen-bond acceptors (Lipinski definition) is 8. The summed E-state index contributed by atoms with van der Waals surface area (Å²) in [7, 11) is 1.64. The minimum Gasteiger partial charge on any atom is -0.494 e. The Morgan fingerprint density at radius 2 is 1.93 bits per heavy atom. The van der Waals surface area contributed by atoms with E-state index in [-0.39, 0.29) is 29.9 Å². The largest absolute Gasteiger partial charge is 0.494 e. The van der Waals surface area contributed by atoms with Crippen LogP contribution in [0.5, 0.6) is 5.75 Å². The van der Waals surface area contributed by atoms with E-state index in [9.17, 15) is 19.2 Å². The molecule has 1 saturated heterocycles. The number of hydrogen-bond donors (Lipinski definition) is 2. The van der Waals surface area contributed by atoms with Crippen molar-refractivity contribution >= 4 is 29.3 Å². The zero-order valence-corrected chi connectivity index (χ0v) is 22.1. The Morgan fingerprint density at radius 3 is 2.73 bits per heavy atom. The lowest BCUT2D eigenvalue weighted by molar-refractivity contribution is -0.136. The van der Waals surface area contributed by atoms with Gasteiger partial charge in [0.2, 0.25) is 11.8 Å². The number of rotatable bonds is 9. The summed E-state index contributed by atoms with van der Waals surface area (Å²) in [4.78, 5) is 55.0. The van der Waals surface area contributed by atoms with Crippen LogP contribution >= 0.6 is 0 Å². The SMILES string of the molecule is COc1cccnc1-c1cnn(C2CC(CCCNc3ccc4c(c3)C(=O)N(C3CCC(=O)NC3=O)C4=O)C2)c1. The molecular weight excluding hydrogens is 512 g/mol. The molecule has 2 aliphatic heterocycles. The Hall–Kier alpha value is -4.54. The summed E-state index contributed by atoms with van der Waals surface area (Å²) in [5.74, 6) is -0.633. The normalized spacial score (nSPS) is 22.1. The van der Waals surface area contributed by atoms with Crippen molar-refractivity contribution in [2.24, 2.45) is 5.92 Å². The molecule has 4 amide bonds.